The molecule has 0 bridgehead atoms. The minimum atomic E-state index is -4.70. The monoisotopic (exact) mass is 341 g/mol. The Morgan fingerprint density at radius 1 is 1.10 bits per heavy atom. The molecule has 0 fully saturated rings. The van der Waals surface area contributed by atoms with Gasteiger partial charge in [0.2, 0.25) is 15.7 Å². The number of hydrogen-bond donors (Lipinski definition) is 1. The van der Waals surface area contributed by atoms with Crippen LogP contribution in [-0.2, 0) is 24.5 Å². The number of amides is 1. The van der Waals surface area contributed by atoms with Gasteiger partial charge in [0.1, 0.15) is 5.25 Å². The molecule has 0 saturated heterocycles. The fourth-order valence-corrected chi connectivity index (χ4v) is 2.44. The molecule has 0 saturated carbocycles. The smallest absolute Gasteiger partial charge is 0.325 e. The lowest BCUT2D eigenvalue weighted by molar-refractivity contribution is -0.115. The number of hydrogen-bond acceptors (Lipinski definition) is 5. The van der Waals surface area contributed by atoms with Gasteiger partial charge in [0.15, 0.2) is 9.84 Å². The molecule has 21 heavy (non-hydrogen) atoms. The molecule has 0 aliphatic rings. The predicted octanol–water partition coefficient (Wildman–Crippen LogP) is 1.05. The number of benzene rings is 1. The van der Waals surface area contributed by atoms with Crippen LogP contribution in [0.5, 0.6) is 0 Å². The van der Waals surface area contributed by atoms with Crippen molar-refractivity contribution in [1.29, 1.82) is 0 Å². The molecule has 1 N–H and O–H groups in total. The molecule has 0 radical (unpaired) electrons. The molecule has 1 aromatic rings. The van der Waals surface area contributed by atoms with Gasteiger partial charge in [0, 0.05) is 11.9 Å². The van der Waals surface area contributed by atoms with Gasteiger partial charge in [-0.1, -0.05) is 0 Å². The second-order valence-electron chi connectivity index (χ2n) is 4.29. The van der Waals surface area contributed by atoms with Crippen molar-refractivity contribution in [2.75, 3.05) is 11.6 Å². The molecule has 0 aliphatic carbocycles. The molecule has 1 amide bonds. The molecular weight excluding hydrogens is 328 g/mol. The van der Waals surface area contributed by atoms with E-state index in [1.165, 1.54) is 6.92 Å². The van der Waals surface area contributed by atoms with E-state index in [1.54, 1.807) is 0 Å². The summed E-state index contributed by atoms with van der Waals surface area (Å²) in [7, 11) is -8.28. The number of carbonyl (C=O) groups excluding carboxylic acids is 1. The van der Waals surface area contributed by atoms with Crippen LogP contribution in [0.2, 0.25) is 0 Å². The standard InChI is InChI=1S/C11H13F2NO5S2/c1-7(20(2,16)17)10(15)14-8-3-5-9(6-4-8)21(18,19)11(12)13/h3-7,11H,1-2H3,(H,14,15)/t7-/m1/s1. The third-order valence-electron chi connectivity index (χ3n) is 2.70. The van der Waals surface area contributed by atoms with Crippen LogP contribution in [0.4, 0.5) is 14.5 Å². The summed E-state index contributed by atoms with van der Waals surface area (Å²) in [6, 6.07) is 4.01. The molecule has 10 heteroatoms. The average molecular weight is 341 g/mol. The van der Waals surface area contributed by atoms with Crippen molar-refractivity contribution in [3.8, 4) is 0 Å². The lowest BCUT2D eigenvalue weighted by Crippen LogP contribution is -2.31. The highest BCUT2D eigenvalue weighted by Crippen LogP contribution is 2.20. The maximum Gasteiger partial charge on any atom is 0.341 e. The van der Waals surface area contributed by atoms with Crippen LogP contribution in [0, 0.1) is 0 Å². The zero-order valence-corrected chi connectivity index (χ0v) is 12.7. The quantitative estimate of drug-likeness (QED) is 0.863. The Labute approximate surface area is 121 Å². The number of nitrogens with one attached hydrogen (secondary N) is 1. The molecular formula is C11H13F2NO5S2. The Morgan fingerprint density at radius 3 is 1.95 bits per heavy atom. The van der Waals surface area contributed by atoms with Crippen molar-refractivity contribution in [2.24, 2.45) is 0 Å². The van der Waals surface area contributed by atoms with Gasteiger partial charge in [0.05, 0.1) is 4.90 Å². The Kier molecular flexibility index (Phi) is 5.05. The maximum atomic E-state index is 12.3. The predicted molar refractivity (Wildman–Crippen MR) is 72.6 cm³/mol. The minimum Gasteiger partial charge on any atom is -0.325 e. The first-order chi connectivity index (χ1) is 9.46. The second-order valence-corrected chi connectivity index (χ2v) is 8.57. The summed E-state index contributed by atoms with van der Waals surface area (Å²) in [5.74, 6) is -4.34. The molecule has 0 heterocycles. The molecule has 1 aromatic carbocycles. The zero-order valence-electron chi connectivity index (χ0n) is 11.1. The second kappa shape index (κ2) is 6.06. The van der Waals surface area contributed by atoms with Gasteiger partial charge in [-0.15, -0.1) is 0 Å². The van der Waals surface area contributed by atoms with E-state index in [4.69, 9.17) is 0 Å². The van der Waals surface area contributed by atoms with E-state index in [0.717, 1.165) is 30.5 Å². The van der Waals surface area contributed by atoms with Crippen molar-refractivity contribution in [2.45, 2.75) is 22.8 Å². The van der Waals surface area contributed by atoms with Crippen LogP contribution < -0.4 is 5.32 Å². The zero-order chi connectivity index (χ0) is 16.4. The normalized spacial score (nSPS) is 14.0. The van der Waals surface area contributed by atoms with Crippen molar-refractivity contribution in [3.63, 3.8) is 0 Å². The van der Waals surface area contributed by atoms with Crippen molar-refractivity contribution in [1.82, 2.24) is 0 Å². The summed E-state index contributed by atoms with van der Waals surface area (Å²) in [6.07, 6.45) is 0.898. The van der Waals surface area contributed by atoms with Crippen LogP contribution in [0.1, 0.15) is 6.92 Å². The Bertz CT molecular complexity index is 726. The summed E-state index contributed by atoms with van der Waals surface area (Å²) in [5, 5.41) is 0.966. The molecule has 0 unspecified atom stereocenters. The number of halogens is 2. The van der Waals surface area contributed by atoms with Crippen molar-refractivity contribution >= 4 is 31.3 Å². The molecule has 0 aliphatic heterocycles. The van der Waals surface area contributed by atoms with E-state index >= 15 is 0 Å². The number of alkyl halides is 2. The molecule has 6 nitrogen and oxygen atoms in total. The molecule has 118 valence electrons. The summed E-state index contributed by atoms with van der Waals surface area (Å²) in [4.78, 5) is 11.0. The lowest BCUT2D eigenvalue weighted by atomic mass is 10.3. The van der Waals surface area contributed by atoms with Gasteiger partial charge in [0.25, 0.3) is 0 Å². The first-order valence-corrected chi connectivity index (χ1v) is 9.08. The fraction of sp³-hybridized carbons (Fsp3) is 0.364. The summed E-state index contributed by atoms with van der Waals surface area (Å²) in [5.41, 5.74) is 0.101. The van der Waals surface area contributed by atoms with E-state index in [0.29, 0.717) is 0 Å². The Hall–Kier alpha value is -1.55. The average Bonchev–Trinajstić information content (AvgIpc) is 2.37. The van der Waals surface area contributed by atoms with Crippen LogP contribution in [0.25, 0.3) is 0 Å². The topological polar surface area (TPSA) is 97.4 Å². The van der Waals surface area contributed by atoms with E-state index in [-0.39, 0.29) is 5.69 Å². The van der Waals surface area contributed by atoms with E-state index < -0.39 is 41.5 Å². The van der Waals surface area contributed by atoms with Gasteiger partial charge in [-0.25, -0.2) is 16.8 Å². The van der Waals surface area contributed by atoms with Crippen molar-refractivity contribution in [3.05, 3.63) is 24.3 Å². The minimum absolute atomic E-state index is 0.101. The first-order valence-electron chi connectivity index (χ1n) is 5.58. The van der Waals surface area contributed by atoms with E-state index in [9.17, 15) is 30.4 Å². The van der Waals surface area contributed by atoms with E-state index in [1.807, 2.05) is 0 Å². The highest BCUT2D eigenvalue weighted by molar-refractivity contribution is 7.92. The van der Waals surface area contributed by atoms with Gasteiger partial charge in [-0.05, 0) is 31.2 Å². The largest absolute Gasteiger partial charge is 0.341 e. The Balaban J connectivity index is 2.93. The summed E-state index contributed by atoms with van der Waals surface area (Å²) < 4.78 is 69.4. The van der Waals surface area contributed by atoms with Crippen LogP contribution in [-0.4, -0.2) is 40.0 Å². The Morgan fingerprint density at radius 2 is 1.57 bits per heavy atom. The molecule has 1 rings (SSSR count). The van der Waals surface area contributed by atoms with Gasteiger partial charge >= 0.3 is 5.76 Å². The fourth-order valence-electron chi connectivity index (χ4n) is 1.27. The third kappa shape index (κ3) is 4.21. The van der Waals surface area contributed by atoms with Crippen LogP contribution in [0.3, 0.4) is 0 Å². The van der Waals surface area contributed by atoms with E-state index in [2.05, 4.69) is 5.32 Å². The van der Waals surface area contributed by atoms with Gasteiger partial charge in [-0.3, -0.25) is 4.79 Å². The number of carbonyl (C=O) groups is 1. The summed E-state index contributed by atoms with van der Waals surface area (Å²) >= 11 is 0. The molecule has 0 aromatic heterocycles. The SMILES string of the molecule is C[C@H](C(=O)Nc1ccc(S(=O)(=O)C(F)F)cc1)S(C)(=O)=O. The lowest BCUT2D eigenvalue weighted by Gasteiger charge is -2.11. The maximum absolute atomic E-state index is 12.3. The van der Waals surface area contributed by atoms with Gasteiger partial charge in [-0.2, -0.15) is 8.78 Å². The van der Waals surface area contributed by atoms with Crippen LogP contribution in [0.15, 0.2) is 29.2 Å². The third-order valence-corrected chi connectivity index (χ3v) is 5.59. The van der Waals surface area contributed by atoms with Crippen LogP contribution >= 0.6 is 0 Å². The van der Waals surface area contributed by atoms with Crippen molar-refractivity contribution < 1.29 is 30.4 Å². The first kappa shape index (κ1) is 17.5. The highest BCUT2D eigenvalue weighted by Gasteiger charge is 2.27. The summed E-state index contributed by atoms with van der Waals surface area (Å²) in [6.45, 7) is 1.19. The molecule has 0 spiro atoms. The number of rotatable bonds is 5. The van der Waals surface area contributed by atoms with Gasteiger partial charge < -0.3 is 5.32 Å². The highest BCUT2D eigenvalue weighted by atomic mass is 32.2. The molecule has 1 atom stereocenters. The number of anilines is 1. The number of sulfone groups is 2.